The van der Waals surface area contributed by atoms with Gasteiger partial charge < -0.3 is 5.32 Å². The van der Waals surface area contributed by atoms with Gasteiger partial charge >= 0.3 is 0 Å². The summed E-state index contributed by atoms with van der Waals surface area (Å²) >= 11 is 0. The first-order chi connectivity index (χ1) is 12.3. The molecule has 2 atom stereocenters. The summed E-state index contributed by atoms with van der Waals surface area (Å²) < 4.78 is 81.3. The molecule has 4 nitrogen and oxygen atoms in total. The van der Waals surface area contributed by atoms with Crippen LogP contribution in [-0.4, -0.2) is 27.5 Å². The van der Waals surface area contributed by atoms with Gasteiger partial charge in [0.05, 0.1) is 0 Å². The lowest BCUT2D eigenvalue weighted by molar-refractivity contribution is 0.375. The van der Waals surface area contributed by atoms with Gasteiger partial charge in [0.25, 0.3) is 0 Å². The second kappa shape index (κ2) is 7.34. The summed E-state index contributed by atoms with van der Waals surface area (Å²) in [5, 5.41) is 3.00. The Morgan fingerprint density at radius 3 is 2.50 bits per heavy atom. The molecule has 1 aliphatic rings. The van der Waals surface area contributed by atoms with Crippen molar-refractivity contribution >= 4 is 10.0 Å². The number of halogens is 4. The lowest BCUT2D eigenvalue weighted by Gasteiger charge is -2.33. The molecule has 2 aromatic carbocycles. The molecule has 0 radical (unpaired) electrons. The van der Waals surface area contributed by atoms with Crippen LogP contribution in [0.15, 0.2) is 41.3 Å². The number of hydrogen-bond donors (Lipinski definition) is 2. The van der Waals surface area contributed by atoms with E-state index in [-0.39, 0.29) is 6.54 Å². The molecule has 26 heavy (non-hydrogen) atoms. The van der Waals surface area contributed by atoms with E-state index in [1.54, 1.807) is 0 Å². The molecule has 9 heteroatoms. The number of rotatable bonds is 4. The van der Waals surface area contributed by atoms with Gasteiger partial charge in [-0.05, 0) is 42.8 Å². The summed E-state index contributed by atoms with van der Waals surface area (Å²) in [4.78, 5) is -0.799. The van der Waals surface area contributed by atoms with E-state index in [2.05, 4.69) is 10.0 Å². The van der Waals surface area contributed by atoms with Gasteiger partial charge in [-0.1, -0.05) is 12.1 Å². The second-order valence-corrected chi connectivity index (χ2v) is 7.73. The first kappa shape index (κ1) is 18.8. The summed E-state index contributed by atoms with van der Waals surface area (Å²) in [6, 6.07) is 5.53. The van der Waals surface area contributed by atoms with Crippen LogP contribution in [0.2, 0.25) is 0 Å². The molecule has 0 bridgehead atoms. The number of piperidine rings is 1. The average Bonchev–Trinajstić information content (AvgIpc) is 2.60. The van der Waals surface area contributed by atoms with Gasteiger partial charge in [0.1, 0.15) is 4.90 Å². The van der Waals surface area contributed by atoms with Crippen molar-refractivity contribution in [3.63, 3.8) is 0 Å². The molecular formula is C17H16F4N2O2S. The smallest absolute Gasteiger partial charge is 0.243 e. The molecule has 0 aromatic heterocycles. The Bertz CT molecular complexity index is 921. The summed E-state index contributed by atoms with van der Waals surface area (Å²) in [5.41, 5.74) is 0.429. The zero-order valence-corrected chi connectivity index (χ0v) is 14.3. The molecule has 140 valence electrons. The van der Waals surface area contributed by atoms with Crippen LogP contribution in [-0.2, 0) is 10.0 Å². The highest BCUT2D eigenvalue weighted by Crippen LogP contribution is 2.28. The highest BCUT2D eigenvalue weighted by Gasteiger charge is 2.32. The van der Waals surface area contributed by atoms with Gasteiger partial charge in [-0.25, -0.2) is 30.7 Å². The standard InChI is InChI=1S/C17H16F4N2O2S/c18-12-5-4-10(8-14(12)20)11-6-7-22-9-15(11)23-26(24,25)16-3-1-2-13(19)17(16)21/h1-5,8,11,15,22-23H,6-7,9H2. The van der Waals surface area contributed by atoms with Crippen LogP contribution in [0.3, 0.4) is 0 Å². The number of nitrogens with one attached hydrogen (secondary N) is 2. The van der Waals surface area contributed by atoms with Crippen LogP contribution in [0.25, 0.3) is 0 Å². The number of hydrogen-bond acceptors (Lipinski definition) is 3. The highest BCUT2D eigenvalue weighted by atomic mass is 32.2. The van der Waals surface area contributed by atoms with Gasteiger partial charge in [0.15, 0.2) is 23.3 Å². The van der Waals surface area contributed by atoms with Crippen molar-refractivity contribution in [1.82, 2.24) is 10.0 Å². The Hall–Kier alpha value is -1.97. The summed E-state index contributed by atoms with van der Waals surface area (Å²) in [5.74, 6) is -5.21. The molecule has 1 saturated heterocycles. The average molecular weight is 388 g/mol. The SMILES string of the molecule is O=S(=O)(NC1CNCCC1c1ccc(F)c(F)c1)c1cccc(F)c1F. The lowest BCUT2D eigenvalue weighted by Crippen LogP contribution is -2.50. The van der Waals surface area contributed by atoms with E-state index >= 15 is 0 Å². The molecule has 1 aliphatic heterocycles. The minimum atomic E-state index is -4.35. The Kier molecular flexibility index (Phi) is 5.31. The Balaban J connectivity index is 1.90. The van der Waals surface area contributed by atoms with E-state index in [0.717, 1.165) is 30.3 Å². The third-order valence-electron chi connectivity index (χ3n) is 4.37. The van der Waals surface area contributed by atoms with Crippen molar-refractivity contribution in [2.24, 2.45) is 0 Å². The second-order valence-electron chi connectivity index (χ2n) is 6.05. The van der Waals surface area contributed by atoms with E-state index in [1.165, 1.54) is 6.07 Å². The molecule has 0 saturated carbocycles. The minimum Gasteiger partial charge on any atom is -0.315 e. The molecule has 2 N–H and O–H groups in total. The van der Waals surface area contributed by atoms with E-state index in [0.29, 0.717) is 18.5 Å². The predicted octanol–water partition coefficient (Wildman–Crippen LogP) is 2.67. The fourth-order valence-electron chi connectivity index (χ4n) is 3.08. The first-order valence-electron chi connectivity index (χ1n) is 7.91. The lowest BCUT2D eigenvalue weighted by atomic mass is 9.86. The minimum absolute atomic E-state index is 0.208. The van der Waals surface area contributed by atoms with Crippen LogP contribution < -0.4 is 10.0 Å². The van der Waals surface area contributed by atoms with Gasteiger partial charge in [0, 0.05) is 18.5 Å². The molecule has 2 aromatic rings. The van der Waals surface area contributed by atoms with E-state index in [4.69, 9.17) is 0 Å². The largest absolute Gasteiger partial charge is 0.315 e. The van der Waals surface area contributed by atoms with Gasteiger partial charge in [-0.2, -0.15) is 0 Å². The van der Waals surface area contributed by atoms with Gasteiger partial charge in [0.2, 0.25) is 10.0 Å². The van der Waals surface area contributed by atoms with Crippen LogP contribution in [0.1, 0.15) is 17.9 Å². The van der Waals surface area contributed by atoms with Crippen molar-refractivity contribution < 1.29 is 26.0 Å². The highest BCUT2D eigenvalue weighted by molar-refractivity contribution is 7.89. The maximum absolute atomic E-state index is 13.9. The molecule has 3 rings (SSSR count). The van der Waals surface area contributed by atoms with Crippen molar-refractivity contribution in [1.29, 1.82) is 0 Å². The van der Waals surface area contributed by atoms with Crippen LogP contribution >= 0.6 is 0 Å². The molecule has 0 aliphatic carbocycles. The molecule has 0 spiro atoms. The van der Waals surface area contributed by atoms with E-state index in [1.807, 2.05) is 0 Å². The topological polar surface area (TPSA) is 58.2 Å². The fraction of sp³-hybridized carbons (Fsp3) is 0.294. The quantitative estimate of drug-likeness (QED) is 0.792. The van der Waals surface area contributed by atoms with E-state index < -0.39 is 50.1 Å². The van der Waals surface area contributed by atoms with Gasteiger partial charge in [-0.3, -0.25) is 0 Å². The predicted molar refractivity (Wildman–Crippen MR) is 87.1 cm³/mol. The van der Waals surface area contributed by atoms with Crippen LogP contribution in [0, 0.1) is 23.3 Å². The zero-order chi connectivity index (χ0) is 18.9. The molecule has 0 amide bonds. The van der Waals surface area contributed by atoms with Crippen LogP contribution in [0.4, 0.5) is 17.6 Å². The third kappa shape index (κ3) is 3.74. The van der Waals surface area contributed by atoms with Gasteiger partial charge in [-0.15, -0.1) is 0 Å². The maximum atomic E-state index is 13.9. The molecule has 1 fully saturated rings. The van der Waals surface area contributed by atoms with Crippen LogP contribution in [0.5, 0.6) is 0 Å². The maximum Gasteiger partial charge on any atom is 0.243 e. The zero-order valence-electron chi connectivity index (χ0n) is 13.5. The fourth-order valence-corrected chi connectivity index (χ4v) is 4.44. The van der Waals surface area contributed by atoms with E-state index in [9.17, 15) is 26.0 Å². The first-order valence-corrected chi connectivity index (χ1v) is 9.40. The van der Waals surface area contributed by atoms with Crippen molar-refractivity contribution in [2.75, 3.05) is 13.1 Å². The monoisotopic (exact) mass is 388 g/mol. The third-order valence-corrected chi connectivity index (χ3v) is 5.87. The molecule has 1 heterocycles. The van der Waals surface area contributed by atoms with Crippen molar-refractivity contribution in [2.45, 2.75) is 23.3 Å². The number of benzene rings is 2. The normalized spacial score (nSPS) is 20.9. The summed E-state index contributed by atoms with van der Waals surface area (Å²) in [7, 11) is -4.35. The summed E-state index contributed by atoms with van der Waals surface area (Å²) in [6.07, 6.45) is 0.462. The Morgan fingerprint density at radius 1 is 1.00 bits per heavy atom. The Labute approximate surface area is 148 Å². The molecule has 2 unspecified atom stereocenters. The number of sulfonamides is 1. The van der Waals surface area contributed by atoms with Crippen molar-refractivity contribution in [3.8, 4) is 0 Å². The Morgan fingerprint density at radius 2 is 1.77 bits per heavy atom. The summed E-state index contributed by atoms with van der Waals surface area (Å²) in [6.45, 7) is 0.760. The van der Waals surface area contributed by atoms with Crippen molar-refractivity contribution in [3.05, 3.63) is 65.2 Å². The molecular weight excluding hydrogens is 372 g/mol.